The van der Waals surface area contributed by atoms with E-state index in [0.29, 0.717) is 13.2 Å². The summed E-state index contributed by atoms with van der Waals surface area (Å²) in [5.74, 6) is -0.0223. The van der Waals surface area contributed by atoms with Crippen LogP contribution in [0.3, 0.4) is 0 Å². The number of hydroxylamine groups is 2. The summed E-state index contributed by atoms with van der Waals surface area (Å²) in [6.45, 7) is 5.47. The molecule has 2 heterocycles. The Balaban J connectivity index is 1.98. The molecule has 1 aliphatic rings. The lowest BCUT2D eigenvalue weighted by Gasteiger charge is -2.25. The first-order valence-electron chi connectivity index (χ1n) is 5.61. The average Bonchev–Trinajstić information content (AvgIpc) is 2.59. The lowest BCUT2D eigenvalue weighted by Crippen LogP contribution is -2.38. The Labute approximate surface area is 94.9 Å². The molecule has 0 N–H and O–H groups in total. The van der Waals surface area contributed by atoms with Crippen LogP contribution in [0.25, 0.3) is 0 Å². The molecule has 0 unspecified atom stereocenters. The van der Waals surface area contributed by atoms with Crippen molar-refractivity contribution in [1.29, 1.82) is 0 Å². The molecule has 0 aliphatic carbocycles. The van der Waals surface area contributed by atoms with Gasteiger partial charge in [-0.25, -0.2) is 5.06 Å². The van der Waals surface area contributed by atoms with Crippen molar-refractivity contribution in [3.8, 4) is 0 Å². The van der Waals surface area contributed by atoms with Gasteiger partial charge in [0.15, 0.2) is 0 Å². The van der Waals surface area contributed by atoms with Crippen molar-refractivity contribution in [1.82, 2.24) is 14.8 Å². The Hall–Kier alpha value is -1.36. The van der Waals surface area contributed by atoms with E-state index >= 15 is 0 Å². The summed E-state index contributed by atoms with van der Waals surface area (Å²) >= 11 is 0. The Morgan fingerprint density at radius 2 is 2.31 bits per heavy atom. The summed E-state index contributed by atoms with van der Waals surface area (Å²) in [7, 11) is 0. The molecule has 5 nitrogen and oxygen atoms in total. The second-order valence-corrected chi connectivity index (χ2v) is 4.12. The first-order valence-corrected chi connectivity index (χ1v) is 5.61. The maximum Gasteiger partial charge on any atom is 0.267 e. The molecule has 2 rings (SSSR count). The minimum absolute atomic E-state index is 0.0223. The minimum Gasteiger partial charge on any atom is -0.271 e. The van der Waals surface area contributed by atoms with Gasteiger partial charge in [-0.05, 0) is 32.8 Å². The maximum atomic E-state index is 11.9. The molecule has 1 fully saturated rings. The van der Waals surface area contributed by atoms with E-state index in [9.17, 15) is 4.79 Å². The molecular formula is C11H17N3O2. The van der Waals surface area contributed by atoms with Crippen LogP contribution in [0, 0.1) is 13.8 Å². The van der Waals surface area contributed by atoms with E-state index in [1.54, 1.807) is 4.68 Å². The third kappa shape index (κ3) is 2.41. The van der Waals surface area contributed by atoms with Gasteiger partial charge in [-0.1, -0.05) is 0 Å². The summed E-state index contributed by atoms with van der Waals surface area (Å²) in [4.78, 5) is 17.2. The second kappa shape index (κ2) is 4.65. The highest BCUT2D eigenvalue weighted by Gasteiger charge is 2.18. The number of aromatic nitrogens is 2. The van der Waals surface area contributed by atoms with Gasteiger partial charge in [0.25, 0.3) is 5.91 Å². The van der Waals surface area contributed by atoms with E-state index < -0.39 is 0 Å². The number of carbonyl (C=O) groups is 1. The topological polar surface area (TPSA) is 47.4 Å². The number of hydrogen-bond acceptors (Lipinski definition) is 3. The molecule has 5 heteroatoms. The first kappa shape index (κ1) is 11.1. The van der Waals surface area contributed by atoms with Crippen molar-refractivity contribution in [2.75, 3.05) is 13.2 Å². The van der Waals surface area contributed by atoms with Crippen molar-refractivity contribution >= 4 is 5.91 Å². The molecule has 0 aromatic carbocycles. The summed E-state index contributed by atoms with van der Waals surface area (Å²) in [6.07, 6.45) is 2.05. The summed E-state index contributed by atoms with van der Waals surface area (Å²) in [6, 6.07) is 1.96. The predicted molar refractivity (Wildman–Crippen MR) is 58.6 cm³/mol. The van der Waals surface area contributed by atoms with Crippen LogP contribution >= 0.6 is 0 Å². The molecular weight excluding hydrogens is 206 g/mol. The monoisotopic (exact) mass is 223 g/mol. The largest absolute Gasteiger partial charge is 0.271 e. The van der Waals surface area contributed by atoms with Crippen LogP contribution in [0.5, 0.6) is 0 Å². The number of hydrogen-bond donors (Lipinski definition) is 0. The van der Waals surface area contributed by atoms with E-state index in [1.165, 1.54) is 5.06 Å². The van der Waals surface area contributed by atoms with Crippen LogP contribution in [-0.2, 0) is 16.2 Å². The zero-order chi connectivity index (χ0) is 11.5. The van der Waals surface area contributed by atoms with E-state index in [-0.39, 0.29) is 12.5 Å². The molecule has 1 saturated heterocycles. The van der Waals surface area contributed by atoms with E-state index in [0.717, 1.165) is 24.2 Å². The van der Waals surface area contributed by atoms with Crippen LogP contribution in [0.1, 0.15) is 24.2 Å². The predicted octanol–water partition coefficient (Wildman–Crippen LogP) is 1.05. The highest BCUT2D eigenvalue weighted by molar-refractivity contribution is 5.74. The maximum absolute atomic E-state index is 11.9. The molecule has 0 saturated carbocycles. The number of rotatable bonds is 2. The third-order valence-corrected chi connectivity index (χ3v) is 2.67. The molecule has 1 aromatic rings. The summed E-state index contributed by atoms with van der Waals surface area (Å²) < 4.78 is 1.72. The van der Waals surface area contributed by atoms with Gasteiger partial charge in [0, 0.05) is 12.2 Å². The molecule has 1 aromatic heterocycles. The van der Waals surface area contributed by atoms with Crippen molar-refractivity contribution in [3.05, 3.63) is 17.5 Å². The van der Waals surface area contributed by atoms with E-state index in [2.05, 4.69) is 5.10 Å². The van der Waals surface area contributed by atoms with Crippen LogP contribution < -0.4 is 0 Å². The van der Waals surface area contributed by atoms with Gasteiger partial charge >= 0.3 is 0 Å². The van der Waals surface area contributed by atoms with Gasteiger partial charge < -0.3 is 0 Å². The van der Waals surface area contributed by atoms with E-state index in [1.807, 2.05) is 19.9 Å². The molecule has 0 atom stereocenters. The molecule has 0 radical (unpaired) electrons. The lowest BCUT2D eigenvalue weighted by atomic mass is 10.3. The number of nitrogens with zero attached hydrogens (tertiary/aromatic N) is 3. The highest BCUT2D eigenvalue weighted by Crippen LogP contribution is 2.08. The van der Waals surface area contributed by atoms with Gasteiger partial charge in [0.2, 0.25) is 0 Å². The molecule has 1 aliphatic heterocycles. The minimum atomic E-state index is -0.0223. The molecule has 0 spiro atoms. The molecule has 16 heavy (non-hydrogen) atoms. The van der Waals surface area contributed by atoms with Crippen molar-refractivity contribution in [2.24, 2.45) is 0 Å². The van der Waals surface area contributed by atoms with Crippen LogP contribution in [0.2, 0.25) is 0 Å². The third-order valence-electron chi connectivity index (χ3n) is 2.67. The van der Waals surface area contributed by atoms with Crippen molar-refractivity contribution in [2.45, 2.75) is 33.2 Å². The molecule has 1 amide bonds. The summed E-state index contributed by atoms with van der Waals surface area (Å²) in [5.41, 5.74) is 1.94. The van der Waals surface area contributed by atoms with Crippen molar-refractivity contribution < 1.29 is 9.63 Å². The average molecular weight is 223 g/mol. The number of carbonyl (C=O) groups excluding carboxylic acids is 1. The number of amides is 1. The number of aryl methyl sites for hydroxylation is 2. The first-order chi connectivity index (χ1) is 7.66. The fourth-order valence-electron chi connectivity index (χ4n) is 1.84. The quantitative estimate of drug-likeness (QED) is 0.753. The highest BCUT2D eigenvalue weighted by atomic mass is 16.7. The Morgan fingerprint density at radius 1 is 1.50 bits per heavy atom. The van der Waals surface area contributed by atoms with E-state index in [4.69, 9.17) is 4.84 Å². The van der Waals surface area contributed by atoms with Crippen LogP contribution in [0.4, 0.5) is 0 Å². The Morgan fingerprint density at radius 3 is 2.88 bits per heavy atom. The molecule has 0 bridgehead atoms. The summed E-state index contributed by atoms with van der Waals surface area (Å²) in [5, 5.41) is 5.72. The zero-order valence-electron chi connectivity index (χ0n) is 9.77. The fourth-order valence-corrected chi connectivity index (χ4v) is 1.84. The van der Waals surface area contributed by atoms with Gasteiger partial charge in [-0.2, -0.15) is 5.10 Å². The van der Waals surface area contributed by atoms with Crippen LogP contribution in [-0.4, -0.2) is 33.9 Å². The lowest BCUT2D eigenvalue weighted by molar-refractivity contribution is -0.197. The SMILES string of the molecule is Cc1cc(C)n(CC(=O)N2CCCCO2)n1. The zero-order valence-corrected chi connectivity index (χ0v) is 9.77. The van der Waals surface area contributed by atoms with Gasteiger partial charge in [0.05, 0.1) is 12.3 Å². The fraction of sp³-hybridized carbons (Fsp3) is 0.636. The Kier molecular flexibility index (Phi) is 3.24. The normalized spacial score (nSPS) is 16.5. The Bertz CT molecular complexity index is 381. The molecule has 88 valence electrons. The van der Waals surface area contributed by atoms with Crippen molar-refractivity contribution in [3.63, 3.8) is 0 Å². The second-order valence-electron chi connectivity index (χ2n) is 4.12. The van der Waals surface area contributed by atoms with Crippen LogP contribution in [0.15, 0.2) is 6.07 Å². The van der Waals surface area contributed by atoms with Gasteiger partial charge in [-0.15, -0.1) is 0 Å². The van der Waals surface area contributed by atoms with Gasteiger partial charge in [0.1, 0.15) is 6.54 Å². The standard InChI is InChI=1S/C11H17N3O2/c1-9-7-10(2)13(12-9)8-11(15)14-5-3-4-6-16-14/h7H,3-6,8H2,1-2H3. The van der Waals surface area contributed by atoms with Gasteiger partial charge in [-0.3, -0.25) is 14.3 Å². The smallest absolute Gasteiger partial charge is 0.267 e.